The van der Waals surface area contributed by atoms with Crippen LogP contribution in [-0.2, 0) is 17.9 Å². The molecule has 0 bridgehead atoms. The highest BCUT2D eigenvalue weighted by Crippen LogP contribution is 2.12. The Labute approximate surface area is 103 Å². The Hall–Kier alpha value is -1.75. The zero-order chi connectivity index (χ0) is 12.3. The third-order valence-electron chi connectivity index (χ3n) is 2.38. The maximum Gasteiger partial charge on any atom is 0.242 e. The summed E-state index contributed by atoms with van der Waals surface area (Å²) in [5.74, 6) is 0.581. The Morgan fingerprint density at radius 1 is 1.65 bits per heavy atom. The van der Waals surface area contributed by atoms with Crippen LogP contribution in [0.25, 0.3) is 0 Å². The highest BCUT2D eigenvalue weighted by molar-refractivity contribution is 6.31. The van der Waals surface area contributed by atoms with Crippen LogP contribution in [-0.4, -0.2) is 15.7 Å². The quantitative estimate of drug-likeness (QED) is 0.903. The van der Waals surface area contributed by atoms with Crippen LogP contribution in [0.4, 0.5) is 0 Å². The number of hydrogen-bond donors (Lipinski definition) is 1. The molecular weight excluding hydrogens is 242 g/mol. The van der Waals surface area contributed by atoms with Gasteiger partial charge in [0.2, 0.25) is 5.91 Å². The van der Waals surface area contributed by atoms with Crippen LogP contribution in [0.15, 0.2) is 29.0 Å². The summed E-state index contributed by atoms with van der Waals surface area (Å²) < 4.78 is 6.66. The molecule has 0 aliphatic rings. The summed E-state index contributed by atoms with van der Waals surface area (Å²) in [5.41, 5.74) is 0.778. The molecule has 0 fully saturated rings. The van der Waals surface area contributed by atoms with E-state index in [2.05, 4.69) is 10.4 Å². The molecule has 1 N–H and O–H groups in total. The molecule has 1 amide bonds. The van der Waals surface area contributed by atoms with Crippen molar-refractivity contribution >= 4 is 17.5 Å². The van der Waals surface area contributed by atoms with E-state index in [-0.39, 0.29) is 12.5 Å². The molecule has 2 aromatic heterocycles. The van der Waals surface area contributed by atoms with Crippen molar-refractivity contribution in [3.8, 4) is 0 Å². The second-order valence-electron chi connectivity index (χ2n) is 3.59. The van der Waals surface area contributed by atoms with E-state index in [0.29, 0.717) is 17.3 Å². The Morgan fingerprint density at radius 2 is 2.47 bits per heavy atom. The van der Waals surface area contributed by atoms with Gasteiger partial charge in [0.05, 0.1) is 29.7 Å². The number of hydrogen-bond acceptors (Lipinski definition) is 3. The lowest BCUT2D eigenvalue weighted by atomic mass is 10.4. The molecule has 2 heterocycles. The molecule has 2 rings (SSSR count). The van der Waals surface area contributed by atoms with Crippen molar-refractivity contribution in [1.82, 2.24) is 15.1 Å². The molecular formula is C11H12ClN3O2. The van der Waals surface area contributed by atoms with Gasteiger partial charge in [-0.3, -0.25) is 9.48 Å². The Balaban J connectivity index is 1.87. The minimum Gasteiger partial charge on any atom is -0.467 e. The van der Waals surface area contributed by atoms with Crippen LogP contribution in [0.3, 0.4) is 0 Å². The van der Waals surface area contributed by atoms with E-state index in [0.717, 1.165) is 5.69 Å². The van der Waals surface area contributed by atoms with E-state index in [1.165, 1.54) is 6.20 Å². The van der Waals surface area contributed by atoms with E-state index in [9.17, 15) is 4.79 Å². The highest BCUT2D eigenvalue weighted by Gasteiger charge is 2.08. The van der Waals surface area contributed by atoms with Gasteiger partial charge in [-0.25, -0.2) is 0 Å². The van der Waals surface area contributed by atoms with Gasteiger partial charge in [-0.1, -0.05) is 11.6 Å². The van der Waals surface area contributed by atoms with Gasteiger partial charge in [0.15, 0.2) is 0 Å². The average molecular weight is 254 g/mol. The van der Waals surface area contributed by atoms with Gasteiger partial charge in [-0.05, 0) is 19.1 Å². The van der Waals surface area contributed by atoms with E-state index < -0.39 is 0 Å². The van der Waals surface area contributed by atoms with Crippen LogP contribution in [0.1, 0.15) is 11.5 Å². The van der Waals surface area contributed by atoms with E-state index in [1.54, 1.807) is 23.1 Å². The fourth-order valence-electron chi connectivity index (χ4n) is 1.37. The number of nitrogens with one attached hydrogen (secondary N) is 1. The van der Waals surface area contributed by atoms with Gasteiger partial charge in [-0.2, -0.15) is 5.10 Å². The average Bonchev–Trinajstić information content (AvgIpc) is 2.92. The number of aromatic nitrogens is 2. The van der Waals surface area contributed by atoms with Crippen molar-refractivity contribution in [1.29, 1.82) is 0 Å². The lowest BCUT2D eigenvalue weighted by Crippen LogP contribution is -2.27. The maximum absolute atomic E-state index is 11.6. The summed E-state index contributed by atoms with van der Waals surface area (Å²) in [7, 11) is 0. The van der Waals surface area contributed by atoms with Crippen LogP contribution in [0, 0.1) is 6.92 Å². The van der Waals surface area contributed by atoms with Crippen LogP contribution >= 0.6 is 11.6 Å². The van der Waals surface area contributed by atoms with Gasteiger partial charge in [0.25, 0.3) is 0 Å². The molecule has 0 atom stereocenters. The second kappa shape index (κ2) is 5.05. The zero-order valence-corrected chi connectivity index (χ0v) is 10.1. The topological polar surface area (TPSA) is 60.1 Å². The lowest BCUT2D eigenvalue weighted by Gasteiger charge is -2.05. The number of rotatable bonds is 4. The normalized spacial score (nSPS) is 10.5. The first-order chi connectivity index (χ1) is 8.16. The molecule has 2 aromatic rings. The Morgan fingerprint density at radius 3 is 3.06 bits per heavy atom. The molecule has 0 spiro atoms. The molecule has 0 saturated carbocycles. The molecule has 0 aliphatic heterocycles. The maximum atomic E-state index is 11.6. The molecule has 6 heteroatoms. The van der Waals surface area contributed by atoms with Crippen molar-refractivity contribution in [2.75, 3.05) is 0 Å². The summed E-state index contributed by atoms with van der Waals surface area (Å²) >= 11 is 5.84. The fourth-order valence-corrected chi connectivity index (χ4v) is 1.52. The fraction of sp³-hybridized carbons (Fsp3) is 0.273. The van der Waals surface area contributed by atoms with E-state index >= 15 is 0 Å². The van der Waals surface area contributed by atoms with E-state index in [1.807, 2.05) is 6.92 Å². The molecule has 0 radical (unpaired) electrons. The monoisotopic (exact) mass is 253 g/mol. The third kappa shape index (κ3) is 2.88. The number of carbonyl (C=O) groups excluding carboxylic acids is 1. The van der Waals surface area contributed by atoms with Gasteiger partial charge < -0.3 is 9.73 Å². The van der Waals surface area contributed by atoms with Gasteiger partial charge >= 0.3 is 0 Å². The number of amides is 1. The molecule has 17 heavy (non-hydrogen) atoms. The van der Waals surface area contributed by atoms with Crippen molar-refractivity contribution in [2.24, 2.45) is 0 Å². The molecule has 5 nitrogen and oxygen atoms in total. The standard InChI is InChI=1S/C11H12ClN3O2/c1-8-10(12)6-14-15(8)7-11(16)13-5-9-3-2-4-17-9/h2-4,6H,5,7H2,1H3,(H,13,16). The third-order valence-corrected chi connectivity index (χ3v) is 2.75. The van der Waals surface area contributed by atoms with Crippen molar-refractivity contribution in [3.05, 3.63) is 41.1 Å². The zero-order valence-electron chi connectivity index (χ0n) is 9.31. The summed E-state index contributed by atoms with van der Waals surface area (Å²) in [5, 5.41) is 7.29. The van der Waals surface area contributed by atoms with Crippen LogP contribution < -0.4 is 5.32 Å². The first-order valence-corrected chi connectivity index (χ1v) is 5.51. The number of furan rings is 1. The summed E-state index contributed by atoms with van der Waals surface area (Å²) in [6, 6.07) is 3.58. The van der Waals surface area contributed by atoms with Crippen LogP contribution in [0.5, 0.6) is 0 Å². The van der Waals surface area contributed by atoms with Crippen LogP contribution in [0.2, 0.25) is 5.02 Å². The first kappa shape index (κ1) is 11.7. The SMILES string of the molecule is Cc1c(Cl)cnn1CC(=O)NCc1ccco1. The van der Waals surface area contributed by atoms with Gasteiger partial charge in [0, 0.05) is 0 Å². The highest BCUT2D eigenvalue weighted by atomic mass is 35.5. The van der Waals surface area contributed by atoms with Crippen molar-refractivity contribution in [2.45, 2.75) is 20.0 Å². The van der Waals surface area contributed by atoms with Crippen molar-refractivity contribution in [3.63, 3.8) is 0 Å². The molecule has 0 saturated heterocycles. The Kier molecular flexibility index (Phi) is 3.49. The van der Waals surface area contributed by atoms with E-state index in [4.69, 9.17) is 16.0 Å². The second-order valence-corrected chi connectivity index (χ2v) is 4.00. The number of nitrogens with zero attached hydrogens (tertiary/aromatic N) is 2. The summed E-state index contributed by atoms with van der Waals surface area (Å²) in [4.78, 5) is 11.6. The smallest absolute Gasteiger partial charge is 0.242 e. The van der Waals surface area contributed by atoms with Crippen molar-refractivity contribution < 1.29 is 9.21 Å². The van der Waals surface area contributed by atoms with Gasteiger partial charge in [-0.15, -0.1) is 0 Å². The summed E-state index contributed by atoms with van der Waals surface area (Å²) in [6.45, 7) is 2.34. The molecule has 90 valence electrons. The minimum absolute atomic E-state index is 0.135. The molecule has 0 aromatic carbocycles. The minimum atomic E-state index is -0.135. The van der Waals surface area contributed by atoms with Gasteiger partial charge in [0.1, 0.15) is 12.3 Å². The molecule has 0 aliphatic carbocycles. The number of carbonyl (C=O) groups is 1. The number of halogens is 1. The molecule has 0 unspecified atom stereocenters. The predicted octanol–water partition coefficient (Wildman–Crippen LogP) is 1.75. The first-order valence-electron chi connectivity index (χ1n) is 5.14. The lowest BCUT2D eigenvalue weighted by molar-refractivity contribution is -0.122. The largest absolute Gasteiger partial charge is 0.467 e. The Bertz CT molecular complexity index is 505. The predicted molar refractivity (Wildman–Crippen MR) is 62.5 cm³/mol. The summed E-state index contributed by atoms with van der Waals surface area (Å²) in [6.07, 6.45) is 3.09.